The second-order valence-electron chi connectivity index (χ2n) is 9.09. The number of aromatic nitrogens is 1. The predicted octanol–water partition coefficient (Wildman–Crippen LogP) is 9.36. The molecule has 0 atom stereocenters. The van der Waals surface area contributed by atoms with E-state index in [9.17, 15) is 17.6 Å². The average molecular weight is 528 g/mol. The van der Waals surface area contributed by atoms with E-state index in [1.165, 1.54) is 17.0 Å². The van der Waals surface area contributed by atoms with Crippen LogP contribution in [0.2, 0.25) is 0 Å². The molecule has 4 aromatic rings. The molecule has 3 aromatic carbocycles. The summed E-state index contributed by atoms with van der Waals surface area (Å²) in [6.07, 6.45) is 3.98. The molecule has 1 nitrogen and oxygen atoms in total. The number of hydrogen-bond acceptors (Lipinski definition) is 2. The van der Waals surface area contributed by atoms with Crippen molar-refractivity contribution in [2.24, 2.45) is 0 Å². The second kappa shape index (κ2) is 10.7. The number of hydrogen-bond donors (Lipinski definition) is 0. The first kappa shape index (κ1) is 24.9. The minimum atomic E-state index is -0.707. The Balaban J connectivity index is 1.86. The van der Waals surface area contributed by atoms with Crippen molar-refractivity contribution in [1.82, 2.24) is 4.57 Å². The van der Waals surface area contributed by atoms with Gasteiger partial charge >= 0.3 is 0 Å². The molecule has 5 rings (SSSR count). The molecule has 0 radical (unpaired) electrons. The Bertz CT molecular complexity index is 1350. The smallest absolute Gasteiger partial charge is 0.166 e. The Hall–Kier alpha value is -2.77. The van der Waals surface area contributed by atoms with Gasteiger partial charge in [-0.3, -0.25) is 4.57 Å². The summed E-state index contributed by atoms with van der Waals surface area (Å²) in [5, 5.41) is 0. The second-order valence-corrected chi connectivity index (χ2v) is 10.8. The summed E-state index contributed by atoms with van der Waals surface area (Å²) in [6.45, 7) is -2.83. The Labute approximate surface area is 217 Å². The molecule has 0 saturated carbocycles. The van der Waals surface area contributed by atoms with Gasteiger partial charge in [-0.05, 0) is 95.5 Å². The lowest BCUT2D eigenvalue weighted by molar-refractivity contribution is 0.475. The zero-order chi connectivity index (χ0) is 25.2. The fourth-order valence-electron chi connectivity index (χ4n) is 5.09. The molecule has 7 heteroatoms. The van der Waals surface area contributed by atoms with Gasteiger partial charge < -0.3 is 0 Å². The van der Waals surface area contributed by atoms with E-state index >= 15 is 0 Å². The van der Waals surface area contributed by atoms with E-state index in [0.717, 1.165) is 48.2 Å². The molecule has 186 valence electrons. The number of para-hydroxylation sites is 1. The van der Waals surface area contributed by atoms with Crippen LogP contribution in [0.4, 0.5) is 17.6 Å². The molecule has 0 fully saturated rings. The number of nitrogens with zero attached hydrogens (tertiary/aromatic N) is 1. The SMILES string of the molecule is FCc1cc(CF)cc(-c2cccc(-c3cc(CF)cc(CF)c3)c2-n2c3c(sc2=S)CCCC3)c1. The average Bonchev–Trinajstić information content (AvgIpc) is 3.27. The van der Waals surface area contributed by atoms with Gasteiger partial charge in [-0.2, -0.15) is 0 Å². The summed E-state index contributed by atoms with van der Waals surface area (Å²) >= 11 is 7.45. The lowest BCUT2D eigenvalue weighted by Gasteiger charge is -2.22. The largest absolute Gasteiger partial charge is 0.294 e. The fourth-order valence-corrected chi connectivity index (χ4v) is 6.66. The van der Waals surface area contributed by atoms with E-state index < -0.39 is 26.7 Å². The van der Waals surface area contributed by atoms with Crippen molar-refractivity contribution in [3.05, 3.63) is 91.4 Å². The van der Waals surface area contributed by atoms with Crippen molar-refractivity contribution in [1.29, 1.82) is 0 Å². The monoisotopic (exact) mass is 527 g/mol. The van der Waals surface area contributed by atoms with E-state index in [4.69, 9.17) is 12.2 Å². The molecule has 36 heavy (non-hydrogen) atoms. The summed E-state index contributed by atoms with van der Waals surface area (Å²) in [6, 6.07) is 15.7. The lowest BCUT2D eigenvalue weighted by Crippen LogP contribution is -2.09. The molecular weight excluding hydrogens is 502 g/mol. The molecule has 1 aliphatic rings. The molecule has 0 bridgehead atoms. The number of aryl methyl sites for hydroxylation is 1. The summed E-state index contributed by atoms with van der Waals surface area (Å²) in [5.74, 6) is 0. The van der Waals surface area contributed by atoms with Crippen LogP contribution in [-0.4, -0.2) is 4.57 Å². The predicted molar refractivity (Wildman–Crippen MR) is 141 cm³/mol. The van der Waals surface area contributed by atoms with Crippen LogP contribution in [0.5, 0.6) is 0 Å². The maximum Gasteiger partial charge on any atom is 0.166 e. The highest BCUT2D eigenvalue weighted by atomic mass is 32.1. The van der Waals surface area contributed by atoms with E-state index in [-0.39, 0.29) is 0 Å². The Morgan fingerprint density at radius 1 is 0.694 bits per heavy atom. The lowest BCUT2D eigenvalue weighted by atomic mass is 9.92. The highest BCUT2D eigenvalue weighted by Crippen LogP contribution is 2.41. The van der Waals surface area contributed by atoms with Crippen LogP contribution < -0.4 is 0 Å². The van der Waals surface area contributed by atoms with Gasteiger partial charge in [-0.1, -0.05) is 30.3 Å². The van der Waals surface area contributed by atoms with Crippen LogP contribution in [0, 0.1) is 3.95 Å². The zero-order valence-corrected chi connectivity index (χ0v) is 21.3. The fraction of sp³-hybridized carbons (Fsp3) is 0.276. The van der Waals surface area contributed by atoms with Gasteiger partial charge in [0.15, 0.2) is 3.95 Å². The van der Waals surface area contributed by atoms with Gasteiger partial charge in [0.05, 0.1) is 5.69 Å². The molecule has 1 aliphatic carbocycles. The Morgan fingerprint density at radius 2 is 1.17 bits per heavy atom. The minimum Gasteiger partial charge on any atom is -0.294 e. The van der Waals surface area contributed by atoms with Gasteiger partial charge in [0.25, 0.3) is 0 Å². The Morgan fingerprint density at radius 3 is 1.64 bits per heavy atom. The van der Waals surface area contributed by atoms with Crippen molar-refractivity contribution in [2.45, 2.75) is 52.4 Å². The summed E-state index contributed by atoms with van der Waals surface area (Å²) in [5.41, 5.74) is 6.41. The Kier molecular flexibility index (Phi) is 7.39. The van der Waals surface area contributed by atoms with Gasteiger partial charge in [-0.15, -0.1) is 11.3 Å². The van der Waals surface area contributed by atoms with Crippen molar-refractivity contribution in [3.63, 3.8) is 0 Å². The zero-order valence-electron chi connectivity index (χ0n) is 19.6. The molecule has 0 saturated heterocycles. The maximum absolute atomic E-state index is 13.7. The highest BCUT2D eigenvalue weighted by Gasteiger charge is 2.23. The van der Waals surface area contributed by atoms with Crippen LogP contribution in [0.15, 0.2) is 54.6 Å². The molecular formula is C29H25F4NS2. The van der Waals surface area contributed by atoms with Crippen LogP contribution in [0.25, 0.3) is 27.9 Å². The number of fused-ring (bicyclic) bond motifs is 1. The first-order valence-electron chi connectivity index (χ1n) is 11.9. The summed E-state index contributed by atoms with van der Waals surface area (Å²) < 4.78 is 57.6. The van der Waals surface area contributed by atoms with Crippen LogP contribution in [0.1, 0.15) is 45.7 Å². The van der Waals surface area contributed by atoms with Crippen molar-refractivity contribution < 1.29 is 17.6 Å². The van der Waals surface area contributed by atoms with Crippen LogP contribution in [0.3, 0.4) is 0 Å². The molecule has 0 N–H and O–H groups in total. The number of rotatable bonds is 7. The van der Waals surface area contributed by atoms with E-state index in [1.54, 1.807) is 35.6 Å². The summed E-state index contributed by atoms with van der Waals surface area (Å²) in [4.78, 5) is 1.25. The molecule has 0 amide bonds. The number of thiazole rings is 1. The topological polar surface area (TPSA) is 4.93 Å². The molecule has 0 aliphatic heterocycles. The quantitative estimate of drug-likeness (QED) is 0.171. The van der Waals surface area contributed by atoms with Crippen LogP contribution in [-0.2, 0) is 39.5 Å². The maximum atomic E-state index is 13.7. The van der Waals surface area contributed by atoms with Gasteiger partial charge in [0, 0.05) is 21.7 Å². The third-order valence-corrected chi connectivity index (χ3v) is 8.13. The molecule has 0 spiro atoms. The van der Waals surface area contributed by atoms with Gasteiger partial charge in [0.2, 0.25) is 0 Å². The third kappa shape index (κ3) is 4.66. The number of alkyl halides is 4. The highest BCUT2D eigenvalue weighted by molar-refractivity contribution is 7.73. The first-order valence-corrected chi connectivity index (χ1v) is 13.2. The minimum absolute atomic E-state index is 0.395. The van der Waals surface area contributed by atoms with Gasteiger partial charge in [-0.25, -0.2) is 17.6 Å². The van der Waals surface area contributed by atoms with Crippen molar-refractivity contribution >= 4 is 23.6 Å². The number of halogens is 4. The van der Waals surface area contributed by atoms with Crippen molar-refractivity contribution in [3.8, 4) is 27.9 Å². The standard InChI is InChI=1S/C29H25F4NS2/c30-14-18-8-19(15-31)11-22(10-18)24-4-3-5-25(23-12-20(16-32)9-21(13-23)17-33)28(24)34-26-6-1-2-7-27(26)36-29(34)35/h3-5,8-13H,1-2,6-7,14-17H2. The first-order chi connectivity index (χ1) is 17.6. The van der Waals surface area contributed by atoms with Crippen molar-refractivity contribution in [2.75, 3.05) is 0 Å². The van der Waals surface area contributed by atoms with E-state index in [1.807, 2.05) is 18.2 Å². The molecule has 0 unspecified atom stereocenters. The summed E-state index contributed by atoms with van der Waals surface area (Å²) in [7, 11) is 0. The normalized spacial score (nSPS) is 13.1. The third-order valence-electron chi connectivity index (χ3n) is 6.66. The van der Waals surface area contributed by atoms with E-state index in [2.05, 4.69) is 4.57 Å². The van der Waals surface area contributed by atoms with Gasteiger partial charge in [0.1, 0.15) is 26.7 Å². The molecule has 1 heterocycles. The van der Waals surface area contributed by atoms with Crippen LogP contribution >= 0.6 is 23.6 Å². The molecule has 1 aromatic heterocycles. The number of benzene rings is 3. The van der Waals surface area contributed by atoms with E-state index in [0.29, 0.717) is 37.3 Å².